The van der Waals surface area contributed by atoms with Gasteiger partial charge in [-0.3, -0.25) is 10.1 Å². The molecule has 0 aliphatic heterocycles. The van der Waals surface area contributed by atoms with Gasteiger partial charge in [0.1, 0.15) is 6.20 Å². The molecule has 0 amide bonds. The van der Waals surface area contributed by atoms with E-state index in [9.17, 15) is 10.1 Å². The van der Waals surface area contributed by atoms with Crippen LogP contribution in [0.25, 0.3) is 0 Å². The van der Waals surface area contributed by atoms with Crippen LogP contribution in [0.2, 0.25) is 0 Å². The van der Waals surface area contributed by atoms with E-state index in [0.717, 1.165) is 37.0 Å². The van der Waals surface area contributed by atoms with E-state index in [1.165, 1.54) is 25.5 Å². The van der Waals surface area contributed by atoms with Gasteiger partial charge in [0, 0.05) is 5.54 Å². The molecule has 4 fully saturated rings. The van der Waals surface area contributed by atoms with Crippen molar-refractivity contribution in [3.05, 3.63) is 16.3 Å². The molecular formula is C14H19N5O2. The fourth-order valence-corrected chi connectivity index (χ4v) is 5.13. The Labute approximate surface area is 122 Å². The number of rotatable bonds is 3. The number of nitrogens with zero attached hydrogens (tertiary/aromatic N) is 3. The first kappa shape index (κ1) is 12.8. The predicted molar refractivity (Wildman–Crippen MR) is 77.6 cm³/mol. The molecule has 0 atom stereocenters. The molecule has 7 nitrogen and oxygen atoms in total. The number of nitrogens with one attached hydrogen (secondary N) is 1. The van der Waals surface area contributed by atoms with E-state index in [0.29, 0.717) is 0 Å². The zero-order chi connectivity index (χ0) is 14.6. The molecule has 7 heteroatoms. The van der Waals surface area contributed by atoms with Gasteiger partial charge in [-0.05, 0) is 56.3 Å². The lowest BCUT2D eigenvalue weighted by atomic mass is 9.53. The maximum atomic E-state index is 11.2. The SMILES string of the molecule is Nc1ncc([N+](=O)[O-])c(NC23CC4CC(CC(C4)C2)C3)n1. The highest BCUT2D eigenvalue weighted by Crippen LogP contribution is 2.56. The summed E-state index contributed by atoms with van der Waals surface area (Å²) in [5, 5.41) is 14.6. The first-order valence-corrected chi connectivity index (χ1v) is 7.58. The van der Waals surface area contributed by atoms with E-state index in [-0.39, 0.29) is 23.0 Å². The molecule has 1 heterocycles. The fourth-order valence-electron chi connectivity index (χ4n) is 5.13. The Hall–Kier alpha value is -1.92. The lowest BCUT2D eigenvalue weighted by Crippen LogP contribution is -2.55. The average Bonchev–Trinajstić information content (AvgIpc) is 2.35. The van der Waals surface area contributed by atoms with Crippen LogP contribution in [-0.2, 0) is 0 Å². The molecule has 3 N–H and O–H groups in total. The van der Waals surface area contributed by atoms with Gasteiger partial charge >= 0.3 is 5.69 Å². The van der Waals surface area contributed by atoms with E-state index in [4.69, 9.17) is 5.73 Å². The van der Waals surface area contributed by atoms with Crippen LogP contribution < -0.4 is 11.1 Å². The summed E-state index contributed by atoms with van der Waals surface area (Å²) in [5.74, 6) is 2.66. The Balaban J connectivity index is 1.67. The monoisotopic (exact) mass is 289 g/mol. The van der Waals surface area contributed by atoms with Gasteiger partial charge in [0.05, 0.1) is 4.92 Å². The molecule has 4 bridgehead atoms. The molecule has 112 valence electrons. The second kappa shape index (κ2) is 4.29. The van der Waals surface area contributed by atoms with Crippen LogP contribution in [0.4, 0.5) is 17.5 Å². The van der Waals surface area contributed by atoms with Crippen LogP contribution in [0.5, 0.6) is 0 Å². The largest absolute Gasteiger partial charge is 0.368 e. The molecule has 1 aromatic heterocycles. The minimum Gasteiger partial charge on any atom is -0.368 e. The van der Waals surface area contributed by atoms with Crippen molar-refractivity contribution in [1.82, 2.24) is 9.97 Å². The molecule has 21 heavy (non-hydrogen) atoms. The molecule has 0 unspecified atom stereocenters. The van der Waals surface area contributed by atoms with Gasteiger partial charge in [-0.1, -0.05) is 0 Å². The molecule has 0 radical (unpaired) electrons. The highest BCUT2D eigenvalue weighted by Gasteiger charge is 2.51. The van der Waals surface area contributed by atoms with Gasteiger partial charge in [-0.2, -0.15) is 4.98 Å². The summed E-state index contributed by atoms with van der Waals surface area (Å²) in [4.78, 5) is 18.5. The first-order valence-electron chi connectivity index (χ1n) is 7.58. The Morgan fingerprint density at radius 1 is 1.24 bits per heavy atom. The minimum absolute atomic E-state index is 0.0275. The number of hydrogen-bond acceptors (Lipinski definition) is 6. The smallest absolute Gasteiger partial charge is 0.329 e. The second-order valence-corrected chi connectivity index (χ2v) is 7.04. The number of aromatic nitrogens is 2. The number of anilines is 2. The number of hydrogen-bond donors (Lipinski definition) is 2. The van der Waals surface area contributed by atoms with Crippen LogP contribution in [0.3, 0.4) is 0 Å². The Bertz CT molecular complexity index is 568. The zero-order valence-electron chi connectivity index (χ0n) is 11.8. The van der Waals surface area contributed by atoms with Crippen molar-refractivity contribution in [2.45, 2.75) is 44.1 Å². The molecular weight excluding hydrogens is 270 g/mol. The maximum absolute atomic E-state index is 11.2. The minimum atomic E-state index is -0.442. The van der Waals surface area contributed by atoms with Crippen molar-refractivity contribution < 1.29 is 4.92 Å². The lowest BCUT2D eigenvalue weighted by Gasteiger charge is -2.57. The summed E-state index contributed by atoms with van der Waals surface area (Å²) >= 11 is 0. The summed E-state index contributed by atoms with van der Waals surface area (Å²) in [6.45, 7) is 0. The van der Waals surface area contributed by atoms with Crippen LogP contribution >= 0.6 is 0 Å². The highest BCUT2D eigenvalue weighted by molar-refractivity contribution is 5.58. The third kappa shape index (κ3) is 2.11. The summed E-state index contributed by atoms with van der Waals surface area (Å²) in [7, 11) is 0. The van der Waals surface area contributed by atoms with Crippen molar-refractivity contribution in [3.8, 4) is 0 Å². The van der Waals surface area contributed by atoms with Gasteiger partial charge in [-0.25, -0.2) is 4.98 Å². The molecule has 1 aromatic rings. The zero-order valence-corrected chi connectivity index (χ0v) is 11.8. The summed E-state index contributed by atoms with van der Waals surface area (Å²) in [5.41, 5.74) is 5.50. The fraction of sp³-hybridized carbons (Fsp3) is 0.714. The van der Waals surface area contributed by atoms with Gasteiger partial charge in [0.2, 0.25) is 11.8 Å². The van der Waals surface area contributed by atoms with E-state index in [1.54, 1.807) is 0 Å². The Kier molecular flexibility index (Phi) is 2.61. The summed E-state index contributed by atoms with van der Waals surface area (Å²) in [6.07, 6.45) is 8.48. The number of nitro groups is 1. The van der Waals surface area contributed by atoms with Crippen LogP contribution in [-0.4, -0.2) is 20.4 Å². The Morgan fingerprint density at radius 3 is 2.33 bits per heavy atom. The molecule has 0 aromatic carbocycles. The molecule has 4 saturated carbocycles. The third-order valence-corrected chi connectivity index (χ3v) is 5.41. The van der Waals surface area contributed by atoms with E-state index in [2.05, 4.69) is 15.3 Å². The van der Waals surface area contributed by atoms with Crippen molar-refractivity contribution >= 4 is 17.5 Å². The van der Waals surface area contributed by atoms with Crippen molar-refractivity contribution in [1.29, 1.82) is 0 Å². The number of nitrogen functional groups attached to an aromatic ring is 1. The van der Waals surface area contributed by atoms with Crippen LogP contribution in [0.1, 0.15) is 38.5 Å². The van der Waals surface area contributed by atoms with E-state index >= 15 is 0 Å². The van der Waals surface area contributed by atoms with Crippen molar-refractivity contribution in [2.75, 3.05) is 11.1 Å². The number of nitrogens with two attached hydrogens (primary N) is 1. The van der Waals surface area contributed by atoms with Gasteiger partial charge in [-0.15, -0.1) is 0 Å². The van der Waals surface area contributed by atoms with Crippen molar-refractivity contribution in [3.63, 3.8) is 0 Å². The van der Waals surface area contributed by atoms with Crippen LogP contribution in [0, 0.1) is 27.9 Å². The normalized spacial score (nSPS) is 36.7. The third-order valence-electron chi connectivity index (χ3n) is 5.41. The van der Waals surface area contributed by atoms with Gasteiger partial charge in [0.15, 0.2) is 0 Å². The molecule has 0 spiro atoms. The van der Waals surface area contributed by atoms with E-state index < -0.39 is 4.92 Å². The highest BCUT2D eigenvalue weighted by atomic mass is 16.6. The topological polar surface area (TPSA) is 107 Å². The molecule has 5 rings (SSSR count). The standard InChI is InChI=1S/C14H19N5O2/c15-13-16-7-11(19(20)21)12(17-13)18-14-4-8-1-9(5-14)3-10(2-8)6-14/h7-10H,1-6H2,(H3,15,16,17,18). The van der Waals surface area contributed by atoms with Crippen LogP contribution in [0.15, 0.2) is 6.20 Å². The quantitative estimate of drug-likeness (QED) is 0.653. The molecule has 4 aliphatic rings. The van der Waals surface area contributed by atoms with Gasteiger partial charge in [0.25, 0.3) is 0 Å². The molecule has 0 saturated heterocycles. The second-order valence-electron chi connectivity index (χ2n) is 7.04. The summed E-state index contributed by atoms with van der Waals surface area (Å²) in [6, 6.07) is 0. The van der Waals surface area contributed by atoms with E-state index in [1.807, 2.05) is 0 Å². The van der Waals surface area contributed by atoms with Gasteiger partial charge < -0.3 is 11.1 Å². The first-order chi connectivity index (χ1) is 10.0. The molecule has 4 aliphatic carbocycles. The van der Waals surface area contributed by atoms with Crippen molar-refractivity contribution in [2.24, 2.45) is 17.8 Å². The average molecular weight is 289 g/mol. The predicted octanol–water partition coefficient (Wildman–Crippen LogP) is 2.35. The lowest BCUT2D eigenvalue weighted by molar-refractivity contribution is -0.384. The summed E-state index contributed by atoms with van der Waals surface area (Å²) < 4.78 is 0. The maximum Gasteiger partial charge on any atom is 0.329 e. The Morgan fingerprint density at radius 2 is 1.81 bits per heavy atom.